The van der Waals surface area contributed by atoms with Crippen molar-refractivity contribution < 1.29 is 14.3 Å². The normalized spacial score (nSPS) is 16.2. The van der Waals surface area contributed by atoms with Crippen LogP contribution in [0.2, 0.25) is 5.02 Å². The molecule has 0 spiro atoms. The van der Waals surface area contributed by atoms with Crippen LogP contribution in [-0.4, -0.2) is 18.6 Å². The molecule has 1 heterocycles. The third-order valence-electron chi connectivity index (χ3n) is 4.93. The van der Waals surface area contributed by atoms with Gasteiger partial charge in [-0.15, -0.1) is 0 Å². The zero-order valence-electron chi connectivity index (χ0n) is 14.6. The Morgan fingerprint density at radius 3 is 2.85 bits per heavy atom. The molecule has 0 atom stereocenters. The van der Waals surface area contributed by atoms with Gasteiger partial charge in [-0.05, 0) is 61.1 Å². The Balaban J connectivity index is 1.37. The third kappa shape index (κ3) is 3.96. The number of hydrogen-bond donors (Lipinski definition) is 1. The van der Waals surface area contributed by atoms with Crippen LogP contribution in [0.3, 0.4) is 0 Å². The van der Waals surface area contributed by atoms with Gasteiger partial charge in [-0.3, -0.25) is 4.79 Å². The molecule has 1 amide bonds. The van der Waals surface area contributed by atoms with E-state index in [1.54, 1.807) is 6.07 Å². The van der Waals surface area contributed by atoms with Gasteiger partial charge in [-0.25, -0.2) is 0 Å². The quantitative estimate of drug-likeness (QED) is 0.822. The fourth-order valence-corrected chi connectivity index (χ4v) is 3.83. The molecule has 0 radical (unpaired) electrons. The predicted molar refractivity (Wildman–Crippen MR) is 102 cm³/mol. The van der Waals surface area contributed by atoms with Crippen LogP contribution in [0.5, 0.6) is 11.5 Å². The second-order valence-corrected chi connectivity index (χ2v) is 7.34. The van der Waals surface area contributed by atoms with Crippen LogP contribution in [0.4, 0.5) is 5.69 Å². The largest absolute Gasteiger partial charge is 0.493 e. The number of hydrogen-bond acceptors (Lipinski definition) is 3. The monoisotopic (exact) mass is 371 g/mol. The molecule has 2 aromatic rings. The fourth-order valence-electron chi connectivity index (χ4n) is 3.60. The van der Waals surface area contributed by atoms with Crippen LogP contribution in [-0.2, 0) is 17.6 Å². The molecule has 0 unspecified atom stereocenters. The number of ether oxygens (including phenoxy) is 2. The standard InChI is InChI=1S/C21H22ClNO3/c22-18-13-16(6-8-20(18)26-17-3-1-2-4-17)23-21(24)12-14-5-7-19-15(11-14)9-10-25-19/h5-8,11,13,17H,1-4,9-10,12H2,(H,23,24). The van der Waals surface area contributed by atoms with Crippen LogP contribution >= 0.6 is 11.6 Å². The van der Waals surface area contributed by atoms with Gasteiger partial charge in [0, 0.05) is 12.1 Å². The molecule has 2 aromatic carbocycles. The number of nitrogens with one attached hydrogen (secondary N) is 1. The SMILES string of the molecule is O=C(Cc1ccc2c(c1)CCO2)Nc1ccc(OC2CCCC2)c(Cl)c1. The maximum Gasteiger partial charge on any atom is 0.228 e. The van der Waals surface area contributed by atoms with E-state index >= 15 is 0 Å². The Hall–Kier alpha value is -2.20. The molecule has 1 aliphatic carbocycles. The molecule has 1 saturated carbocycles. The molecule has 4 nitrogen and oxygen atoms in total. The van der Waals surface area contributed by atoms with E-state index in [1.165, 1.54) is 18.4 Å². The molecular weight excluding hydrogens is 350 g/mol. The summed E-state index contributed by atoms with van der Waals surface area (Å²) < 4.78 is 11.4. The van der Waals surface area contributed by atoms with E-state index in [4.69, 9.17) is 21.1 Å². The van der Waals surface area contributed by atoms with E-state index in [0.29, 0.717) is 22.9 Å². The average Bonchev–Trinajstić information content (AvgIpc) is 3.28. The smallest absolute Gasteiger partial charge is 0.228 e. The van der Waals surface area contributed by atoms with E-state index in [1.807, 2.05) is 30.3 Å². The summed E-state index contributed by atoms with van der Waals surface area (Å²) >= 11 is 6.33. The average molecular weight is 372 g/mol. The summed E-state index contributed by atoms with van der Waals surface area (Å²) in [5, 5.41) is 3.44. The first-order chi connectivity index (χ1) is 12.7. The van der Waals surface area contributed by atoms with Gasteiger partial charge < -0.3 is 14.8 Å². The van der Waals surface area contributed by atoms with Crippen molar-refractivity contribution in [2.45, 2.75) is 44.6 Å². The van der Waals surface area contributed by atoms with Gasteiger partial charge in [0.25, 0.3) is 0 Å². The van der Waals surface area contributed by atoms with Crippen molar-refractivity contribution in [2.75, 3.05) is 11.9 Å². The van der Waals surface area contributed by atoms with Gasteiger partial charge >= 0.3 is 0 Å². The fraction of sp³-hybridized carbons (Fsp3) is 0.381. The lowest BCUT2D eigenvalue weighted by Gasteiger charge is -2.15. The van der Waals surface area contributed by atoms with Crippen LogP contribution in [0.1, 0.15) is 36.8 Å². The van der Waals surface area contributed by atoms with Gasteiger partial charge in [0.1, 0.15) is 11.5 Å². The molecule has 136 valence electrons. The molecule has 0 saturated heterocycles. The minimum absolute atomic E-state index is 0.0654. The zero-order valence-corrected chi connectivity index (χ0v) is 15.3. The lowest BCUT2D eigenvalue weighted by atomic mass is 10.1. The topological polar surface area (TPSA) is 47.6 Å². The highest BCUT2D eigenvalue weighted by molar-refractivity contribution is 6.32. The summed E-state index contributed by atoms with van der Waals surface area (Å²) in [5.74, 6) is 1.55. The van der Waals surface area contributed by atoms with Gasteiger partial charge in [0.15, 0.2) is 0 Å². The summed E-state index contributed by atoms with van der Waals surface area (Å²) in [7, 11) is 0. The summed E-state index contributed by atoms with van der Waals surface area (Å²) in [6.45, 7) is 0.721. The number of rotatable bonds is 5. The van der Waals surface area contributed by atoms with E-state index in [-0.39, 0.29) is 12.0 Å². The molecule has 0 bridgehead atoms. The van der Waals surface area contributed by atoms with E-state index < -0.39 is 0 Å². The molecule has 1 fully saturated rings. The molecule has 1 N–H and O–H groups in total. The number of anilines is 1. The minimum atomic E-state index is -0.0654. The highest BCUT2D eigenvalue weighted by Gasteiger charge is 2.18. The number of amides is 1. The highest BCUT2D eigenvalue weighted by Crippen LogP contribution is 2.32. The lowest BCUT2D eigenvalue weighted by molar-refractivity contribution is -0.115. The van der Waals surface area contributed by atoms with Gasteiger partial charge in [-0.2, -0.15) is 0 Å². The Morgan fingerprint density at radius 1 is 1.19 bits per heavy atom. The minimum Gasteiger partial charge on any atom is -0.493 e. The van der Waals surface area contributed by atoms with Gasteiger partial charge in [-0.1, -0.05) is 23.7 Å². The van der Waals surface area contributed by atoms with Crippen LogP contribution < -0.4 is 14.8 Å². The molecule has 4 rings (SSSR count). The lowest BCUT2D eigenvalue weighted by Crippen LogP contribution is -2.15. The van der Waals surface area contributed by atoms with Gasteiger partial charge in [0.2, 0.25) is 5.91 Å². The zero-order chi connectivity index (χ0) is 17.9. The van der Waals surface area contributed by atoms with Crippen molar-refractivity contribution in [1.82, 2.24) is 0 Å². The van der Waals surface area contributed by atoms with E-state index in [9.17, 15) is 4.79 Å². The highest BCUT2D eigenvalue weighted by atomic mass is 35.5. The second kappa shape index (κ2) is 7.58. The van der Waals surface area contributed by atoms with E-state index in [2.05, 4.69) is 5.32 Å². The van der Waals surface area contributed by atoms with Crippen molar-refractivity contribution in [3.05, 3.63) is 52.5 Å². The molecular formula is C21H22ClNO3. The van der Waals surface area contributed by atoms with Crippen molar-refractivity contribution >= 4 is 23.2 Å². The summed E-state index contributed by atoms with van der Waals surface area (Å²) in [4.78, 5) is 12.3. The number of carbonyl (C=O) groups is 1. The van der Waals surface area contributed by atoms with Crippen LogP contribution in [0, 0.1) is 0 Å². The molecule has 26 heavy (non-hydrogen) atoms. The molecule has 0 aromatic heterocycles. The first kappa shape index (κ1) is 17.2. The van der Waals surface area contributed by atoms with Gasteiger partial charge in [0.05, 0.1) is 24.2 Å². The first-order valence-corrected chi connectivity index (χ1v) is 9.56. The molecule has 1 aliphatic heterocycles. The summed E-state index contributed by atoms with van der Waals surface area (Å²) in [6.07, 6.45) is 6.09. The Labute approximate surface area is 158 Å². The van der Waals surface area contributed by atoms with E-state index in [0.717, 1.165) is 37.2 Å². The van der Waals surface area contributed by atoms with Crippen molar-refractivity contribution in [2.24, 2.45) is 0 Å². The maximum absolute atomic E-state index is 12.3. The maximum atomic E-state index is 12.3. The van der Waals surface area contributed by atoms with Crippen molar-refractivity contribution in [3.8, 4) is 11.5 Å². The van der Waals surface area contributed by atoms with Crippen LogP contribution in [0.15, 0.2) is 36.4 Å². The van der Waals surface area contributed by atoms with Crippen molar-refractivity contribution in [1.29, 1.82) is 0 Å². The number of halogens is 1. The number of fused-ring (bicyclic) bond motifs is 1. The Bertz CT molecular complexity index is 815. The second-order valence-electron chi connectivity index (χ2n) is 6.94. The summed E-state index contributed by atoms with van der Waals surface area (Å²) in [5.41, 5.74) is 2.84. The Kier molecular flexibility index (Phi) is 5.02. The molecule has 5 heteroatoms. The van der Waals surface area contributed by atoms with Crippen LogP contribution in [0.25, 0.3) is 0 Å². The number of carbonyl (C=O) groups excluding carboxylic acids is 1. The third-order valence-corrected chi connectivity index (χ3v) is 5.23. The first-order valence-electron chi connectivity index (χ1n) is 9.18. The predicted octanol–water partition coefficient (Wildman–Crippen LogP) is 4.78. The Morgan fingerprint density at radius 2 is 2.04 bits per heavy atom. The molecule has 2 aliphatic rings. The number of benzene rings is 2. The van der Waals surface area contributed by atoms with Crippen molar-refractivity contribution in [3.63, 3.8) is 0 Å². The summed E-state index contributed by atoms with van der Waals surface area (Å²) in [6, 6.07) is 11.4.